The molecule has 0 aliphatic rings. The summed E-state index contributed by atoms with van der Waals surface area (Å²) < 4.78 is 49.0. The number of nitrogens with zero attached hydrogens (tertiary/aromatic N) is 4. The molecule has 0 saturated heterocycles. The van der Waals surface area contributed by atoms with Gasteiger partial charge in [-0.05, 0) is 36.4 Å². The first kappa shape index (κ1) is 26.1. The van der Waals surface area contributed by atoms with Crippen LogP contribution in [0.2, 0.25) is 5.02 Å². The SMILES string of the molecule is N#Cc1ccc(F)c2nc(C(F)F)n(CCOc3ccc(Cl)cc3-c3ccnc4c(C(=O)O)csc34)c(=O)c12. The summed E-state index contributed by atoms with van der Waals surface area (Å²) in [6.07, 6.45) is -1.76. The first-order valence-electron chi connectivity index (χ1n) is 11.1. The molecule has 1 N–H and O–H groups in total. The van der Waals surface area contributed by atoms with Gasteiger partial charge < -0.3 is 9.84 Å². The van der Waals surface area contributed by atoms with E-state index >= 15 is 0 Å². The standard InChI is InChI=1S/C26H14ClF3N4O4S/c27-13-2-4-18(15(9-13)14-5-6-32-20-16(26(36)37)11-39-22(14)20)38-8-7-34-24(23(29)30)33-21-17(28)3-1-12(10-31)19(21)25(34)35/h1-6,9,11,23H,7-8H2,(H,36,37). The smallest absolute Gasteiger partial charge is 0.338 e. The van der Waals surface area contributed by atoms with Crippen molar-refractivity contribution in [2.45, 2.75) is 13.0 Å². The lowest BCUT2D eigenvalue weighted by molar-refractivity contribution is 0.0699. The molecule has 0 fully saturated rings. The quantitative estimate of drug-likeness (QED) is 0.253. The van der Waals surface area contributed by atoms with Gasteiger partial charge in [-0.25, -0.2) is 22.9 Å². The average molecular weight is 571 g/mol. The molecule has 8 nitrogen and oxygen atoms in total. The fourth-order valence-corrected chi connectivity index (χ4v) is 5.36. The Hall–Kier alpha value is -4.47. The second-order valence-corrected chi connectivity index (χ2v) is 9.45. The molecule has 5 rings (SSSR count). The molecule has 2 aromatic carbocycles. The maximum atomic E-state index is 14.3. The van der Waals surface area contributed by atoms with Crippen LogP contribution in [0.4, 0.5) is 13.2 Å². The van der Waals surface area contributed by atoms with Crippen molar-refractivity contribution in [2.24, 2.45) is 0 Å². The van der Waals surface area contributed by atoms with E-state index in [0.29, 0.717) is 25.4 Å². The second-order valence-electron chi connectivity index (χ2n) is 8.14. The summed E-state index contributed by atoms with van der Waals surface area (Å²) in [7, 11) is 0. The Morgan fingerprint density at radius 2 is 2.00 bits per heavy atom. The van der Waals surface area contributed by atoms with Crippen LogP contribution in [0, 0.1) is 17.1 Å². The van der Waals surface area contributed by atoms with Gasteiger partial charge in [0.05, 0.1) is 33.3 Å². The van der Waals surface area contributed by atoms with Crippen molar-refractivity contribution < 1.29 is 27.8 Å². The van der Waals surface area contributed by atoms with Crippen LogP contribution in [0.15, 0.2) is 52.8 Å². The van der Waals surface area contributed by atoms with E-state index in [9.17, 15) is 33.1 Å². The molecule has 0 aliphatic carbocycles. The van der Waals surface area contributed by atoms with Crippen molar-refractivity contribution in [1.29, 1.82) is 5.26 Å². The molecule has 39 heavy (non-hydrogen) atoms. The molecular weight excluding hydrogens is 557 g/mol. The maximum absolute atomic E-state index is 14.3. The van der Waals surface area contributed by atoms with Gasteiger partial charge in [-0.1, -0.05) is 11.6 Å². The van der Waals surface area contributed by atoms with Gasteiger partial charge in [0, 0.05) is 27.7 Å². The maximum Gasteiger partial charge on any atom is 0.338 e. The van der Waals surface area contributed by atoms with Gasteiger partial charge in [0.1, 0.15) is 29.8 Å². The topological polar surface area (TPSA) is 118 Å². The Morgan fingerprint density at radius 3 is 2.72 bits per heavy atom. The number of nitriles is 1. The third-order valence-electron chi connectivity index (χ3n) is 5.90. The number of carboxylic acids is 1. The lowest BCUT2D eigenvalue weighted by Crippen LogP contribution is -2.29. The highest BCUT2D eigenvalue weighted by Gasteiger charge is 2.23. The molecular formula is C26H14ClF3N4O4S. The van der Waals surface area contributed by atoms with E-state index < -0.39 is 47.0 Å². The van der Waals surface area contributed by atoms with Crippen LogP contribution in [0.25, 0.3) is 32.2 Å². The average Bonchev–Trinajstić information content (AvgIpc) is 3.35. The van der Waals surface area contributed by atoms with Gasteiger partial charge in [-0.3, -0.25) is 14.3 Å². The molecule has 13 heteroatoms. The Bertz CT molecular complexity index is 1880. The number of aromatic nitrogens is 3. The number of hydrogen-bond acceptors (Lipinski definition) is 7. The zero-order chi connectivity index (χ0) is 27.8. The van der Waals surface area contributed by atoms with Gasteiger partial charge in [-0.15, -0.1) is 11.3 Å². The van der Waals surface area contributed by atoms with Gasteiger partial charge in [0.25, 0.3) is 12.0 Å². The molecule has 196 valence electrons. The molecule has 3 aromatic heterocycles. The molecule has 0 aliphatic heterocycles. The van der Waals surface area contributed by atoms with Crippen LogP contribution in [0.3, 0.4) is 0 Å². The van der Waals surface area contributed by atoms with Crippen LogP contribution in [0.1, 0.15) is 28.2 Å². The second kappa shape index (κ2) is 10.4. The normalized spacial score (nSPS) is 11.3. The van der Waals surface area contributed by atoms with E-state index in [-0.39, 0.29) is 29.0 Å². The number of alkyl halides is 2. The summed E-state index contributed by atoms with van der Waals surface area (Å²) >= 11 is 7.40. The lowest BCUT2D eigenvalue weighted by atomic mass is 10.0. The highest BCUT2D eigenvalue weighted by Crippen LogP contribution is 2.39. The van der Waals surface area contributed by atoms with Crippen LogP contribution >= 0.6 is 22.9 Å². The number of hydrogen-bond donors (Lipinski definition) is 1. The number of pyridine rings is 1. The largest absolute Gasteiger partial charge is 0.491 e. The number of benzene rings is 2. The number of thiophene rings is 1. The summed E-state index contributed by atoms with van der Waals surface area (Å²) in [6, 6.07) is 10.1. The Kier molecular flexibility index (Phi) is 6.94. The minimum Gasteiger partial charge on any atom is -0.491 e. The minimum absolute atomic E-state index is 0.0391. The van der Waals surface area contributed by atoms with Gasteiger partial charge in [0.2, 0.25) is 0 Å². The third-order valence-corrected chi connectivity index (χ3v) is 7.13. The Balaban J connectivity index is 1.53. The summed E-state index contributed by atoms with van der Waals surface area (Å²) in [4.78, 5) is 32.5. The van der Waals surface area contributed by atoms with Gasteiger partial charge in [-0.2, -0.15) is 5.26 Å². The van der Waals surface area contributed by atoms with Crippen LogP contribution in [-0.2, 0) is 6.54 Å². The summed E-state index contributed by atoms with van der Waals surface area (Å²) in [6.45, 7) is -0.670. The monoisotopic (exact) mass is 570 g/mol. The zero-order valence-electron chi connectivity index (χ0n) is 19.5. The Labute approximate surface area is 226 Å². The first-order chi connectivity index (χ1) is 18.7. The highest BCUT2D eigenvalue weighted by molar-refractivity contribution is 7.18. The summed E-state index contributed by atoms with van der Waals surface area (Å²) in [5, 5.41) is 20.2. The molecule has 0 saturated carbocycles. The van der Waals surface area contributed by atoms with Gasteiger partial charge >= 0.3 is 5.97 Å². The number of carbonyl (C=O) groups is 1. The minimum atomic E-state index is -3.20. The number of ether oxygens (including phenoxy) is 1. The Morgan fingerprint density at radius 1 is 1.21 bits per heavy atom. The molecule has 0 bridgehead atoms. The van der Waals surface area contributed by atoms with Gasteiger partial charge in [0.15, 0.2) is 5.82 Å². The van der Waals surface area contributed by atoms with E-state index in [0.717, 1.165) is 12.1 Å². The van der Waals surface area contributed by atoms with Crippen molar-refractivity contribution in [2.75, 3.05) is 6.61 Å². The van der Waals surface area contributed by atoms with Crippen LogP contribution in [-0.4, -0.2) is 32.2 Å². The van der Waals surface area contributed by atoms with Crippen molar-refractivity contribution in [3.05, 3.63) is 86.1 Å². The van der Waals surface area contributed by atoms with Crippen molar-refractivity contribution in [1.82, 2.24) is 14.5 Å². The van der Waals surface area contributed by atoms with Crippen LogP contribution in [0.5, 0.6) is 5.75 Å². The van der Waals surface area contributed by atoms with E-state index in [1.54, 1.807) is 30.3 Å². The summed E-state index contributed by atoms with van der Waals surface area (Å²) in [5.41, 5.74) is -0.406. The number of rotatable bonds is 7. The van der Waals surface area contributed by atoms with Crippen molar-refractivity contribution in [3.8, 4) is 22.9 Å². The van der Waals surface area contributed by atoms with E-state index in [1.165, 1.54) is 22.9 Å². The highest BCUT2D eigenvalue weighted by atomic mass is 35.5. The van der Waals surface area contributed by atoms with Crippen molar-refractivity contribution in [3.63, 3.8) is 0 Å². The molecule has 0 radical (unpaired) electrons. The molecule has 0 atom stereocenters. The zero-order valence-corrected chi connectivity index (χ0v) is 21.1. The predicted molar refractivity (Wildman–Crippen MR) is 138 cm³/mol. The predicted octanol–water partition coefficient (Wildman–Crippen LogP) is 6.05. The molecule has 3 heterocycles. The molecule has 0 spiro atoms. The van der Waals surface area contributed by atoms with Crippen molar-refractivity contribution >= 4 is 50.0 Å². The molecule has 5 aromatic rings. The lowest BCUT2D eigenvalue weighted by Gasteiger charge is -2.16. The third kappa shape index (κ3) is 4.67. The molecule has 0 unspecified atom stereocenters. The number of fused-ring (bicyclic) bond motifs is 2. The van der Waals surface area contributed by atoms with E-state index in [1.807, 2.05) is 0 Å². The molecule has 0 amide bonds. The number of aromatic carboxylic acids is 1. The van der Waals surface area contributed by atoms with E-state index in [4.69, 9.17) is 16.3 Å². The fourth-order valence-electron chi connectivity index (χ4n) is 4.16. The fraction of sp³-hybridized carbons (Fsp3) is 0.115. The van der Waals surface area contributed by atoms with E-state index in [2.05, 4.69) is 9.97 Å². The van der Waals surface area contributed by atoms with Crippen LogP contribution < -0.4 is 10.3 Å². The first-order valence-corrected chi connectivity index (χ1v) is 12.4. The number of carboxylic acid groups (broad SMARTS) is 1. The number of halogens is 4. The summed E-state index contributed by atoms with van der Waals surface area (Å²) in [5.74, 6) is -2.81.